The van der Waals surface area contributed by atoms with Crippen LogP contribution in [0.5, 0.6) is 0 Å². The molecule has 1 fully saturated rings. The van der Waals surface area contributed by atoms with E-state index in [4.69, 9.17) is 0 Å². The Bertz CT molecular complexity index is 603. The lowest BCUT2D eigenvalue weighted by Crippen LogP contribution is -2.27. The smallest absolute Gasteiger partial charge is 0.152 e. The predicted octanol–water partition coefficient (Wildman–Crippen LogP) is 0.112. The molecule has 0 aromatic heterocycles. The lowest BCUT2D eigenvalue weighted by atomic mass is 9.98. The molecular weight excluding hydrogens is 264 g/mol. The van der Waals surface area contributed by atoms with Gasteiger partial charge in [-0.1, -0.05) is 30.3 Å². The Balaban J connectivity index is 2.46. The Hall–Kier alpha value is -0.920. The fraction of sp³-hybridized carbons (Fsp3) is 0.400. The molecule has 0 spiro atoms. The second-order valence-electron chi connectivity index (χ2n) is 4.13. The van der Waals surface area contributed by atoms with E-state index >= 15 is 0 Å². The molecule has 2 unspecified atom stereocenters. The van der Waals surface area contributed by atoms with Crippen molar-refractivity contribution in [3.8, 4) is 0 Å². The second kappa shape index (κ2) is 4.08. The number of hydrogen-bond acceptors (Lipinski definition) is 5. The molecule has 2 rings (SSSR count). The lowest BCUT2D eigenvalue weighted by Gasteiger charge is -2.21. The quantitative estimate of drug-likeness (QED) is 0.714. The van der Waals surface area contributed by atoms with E-state index in [1.54, 1.807) is 30.3 Å². The van der Waals surface area contributed by atoms with Crippen molar-refractivity contribution in [3.05, 3.63) is 35.9 Å². The maximum atomic E-state index is 11.5. The fourth-order valence-electron chi connectivity index (χ4n) is 2.11. The molecule has 0 N–H and O–H groups in total. The average Bonchev–Trinajstić information content (AvgIpc) is 2.56. The summed E-state index contributed by atoms with van der Waals surface area (Å²) in [5.74, 6) is -1.59. The number of benzene rings is 1. The molecule has 1 aromatic rings. The van der Waals surface area contributed by atoms with Gasteiger partial charge >= 0.3 is 0 Å². The van der Waals surface area contributed by atoms with Crippen molar-refractivity contribution in [2.45, 2.75) is 11.2 Å². The van der Waals surface area contributed by atoms with Gasteiger partial charge in [-0.25, -0.2) is 16.8 Å². The maximum absolute atomic E-state index is 11.5. The van der Waals surface area contributed by atoms with Crippen molar-refractivity contribution < 1.29 is 21.4 Å². The monoisotopic (exact) mass is 275 g/mol. The zero-order chi connectivity index (χ0) is 12.7. The molecule has 1 aliphatic rings. The van der Waals surface area contributed by atoms with Crippen LogP contribution in [0.25, 0.3) is 0 Å². The maximum Gasteiger partial charge on any atom is 0.152 e. The minimum Gasteiger partial charge on any atom is -0.748 e. The third-order valence-corrected chi connectivity index (χ3v) is 6.08. The van der Waals surface area contributed by atoms with Crippen LogP contribution >= 0.6 is 0 Å². The third-order valence-electron chi connectivity index (χ3n) is 2.90. The third kappa shape index (κ3) is 2.67. The van der Waals surface area contributed by atoms with Gasteiger partial charge in [0, 0.05) is 5.92 Å². The van der Waals surface area contributed by atoms with Crippen LogP contribution in [0.15, 0.2) is 30.3 Å². The Morgan fingerprint density at radius 1 is 1.12 bits per heavy atom. The summed E-state index contributed by atoms with van der Waals surface area (Å²) in [5.41, 5.74) is 0.581. The van der Waals surface area contributed by atoms with E-state index in [2.05, 4.69) is 0 Å². The summed E-state index contributed by atoms with van der Waals surface area (Å²) in [7, 11) is -8.06. The molecule has 0 amide bonds. The highest BCUT2D eigenvalue weighted by molar-refractivity contribution is 7.94. The van der Waals surface area contributed by atoms with E-state index in [9.17, 15) is 21.4 Å². The molecule has 2 atom stereocenters. The van der Waals surface area contributed by atoms with E-state index in [1.807, 2.05) is 0 Å². The first-order valence-electron chi connectivity index (χ1n) is 5.00. The topological polar surface area (TPSA) is 91.3 Å². The first-order valence-corrected chi connectivity index (χ1v) is 8.29. The van der Waals surface area contributed by atoms with E-state index in [-0.39, 0.29) is 5.75 Å². The molecule has 1 heterocycles. The second-order valence-corrected chi connectivity index (χ2v) is 7.87. The number of sulfone groups is 1. The van der Waals surface area contributed by atoms with E-state index in [1.165, 1.54) is 0 Å². The van der Waals surface area contributed by atoms with Crippen LogP contribution in [-0.2, 0) is 20.0 Å². The first kappa shape index (κ1) is 12.5. The molecule has 7 heteroatoms. The van der Waals surface area contributed by atoms with Crippen LogP contribution in [0.4, 0.5) is 0 Å². The highest BCUT2D eigenvalue weighted by atomic mass is 32.2. The largest absolute Gasteiger partial charge is 0.748 e. The van der Waals surface area contributed by atoms with E-state index < -0.39 is 36.9 Å². The number of hydrogen-bond donors (Lipinski definition) is 0. The van der Waals surface area contributed by atoms with Crippen LogP contribution < -0.4 is 0 Å². The molecule has 1 aromatic carbocycles. The highest BCUT2D eigenvalue weighted by Crippen LogP contribution is 2.33. The van der Waals surface area contributed by atoms with Crippen LogP contribution in [0.1, 0.15) is 11.5 Å². The summed E-state index contributed by atoms with van der Waals surface area (Å²) in [6, 6.07) is 8.41. The zero-order valence-corrected chi connectivity index (χ0v) is 10.4. The van der Waals surface area contributed by atoms with Crippen molar-refractivity contribution in [2.75, 3.05) is 11.5 Å². The molecule has 0 saturated carbocycles. The minimum atomic E-state index is -4.60. The molecule has 0 radical (unpaired) electrons. The molecule has 1 aliphatic heterocycles. The van der Waals surface area contributed by atoms with Gasteiger partial charge in [0.05, 0.1) is 26.9 Å². The lowest BCUT2D eigenvalue weighted by molar-refractivity contribution is 0.446. The first-order chi connectivity index (χ1) is 7.80. The van der Waals surface area contributed by atoms with Crippen molar-refractivity contribution in [1.82, 2.24) is 0 Å². The molecule has 17 heavy (non-hydrogen) atoms. The highest BCUT2D eigenvalue weighted by Gasteiger charge is 2.42. The van der Waals surface area contributed by atoms with Crippen molar-refractivity contribution >= 4 is 20.0 Å². The Labute approximate surface area is 100 Å². The van der Waals surface area contributed by atoms with Gasteiger partial charge in [0.15, 0.2) is 9.84 Å². The summed E-state index contributed by atoms with van der Waals surface area (Å²) in [6.45, 7) is 0. The standard InChI is InChI=1S/C10H12O5S2/c11-16(12)6-9(8-4-2-1-3-5-8)10(7-16)17(13,14)15/h1-5,9-10H,6-7H2,(H,13,14,15)/p-1. The van der Waals surface area contributed by atoms with Crippen molar-refractivity contribution in [1.29, 1.82) is 0 Å². The molecule has 94 valence electrons. The normalized spacial score (nSPS) is 28.1. The van der Waals surface area contributed by atoms with Gasteiger partial charge in [0.2, 0.25) is 0 Å². The summed E-state index contributed by atoms with van der Waals surface area (Å²) in [4.78, 5) is 0. The van der Waals surface area contributed by atoms with Crippen LogP contribution in [0.3, 0.4) is 0 Å². The van der Waals surface area contributed by atoms with Gasteiger partial charge in [-0.3, -0.25) is 0 Å². The zero-order valence-electron chi connectivity index (χ0n) is 8.81. The molecule has 1 saturated heterocycles. The molecular formula is C10H11O5S2-. The van der Waals surface area contributed by atoms with Crippen molar-refractivity contribution in [2.24, 2.45) is 0 Å². The van der Waals surface area contributed by atoms with Gasteiger partial charge in [-0.2, -0.15) is 0 Å². The van der Waals surface area contributed by atoms with E-state index in [0.717, 1.165) is 0 Å². The Kier molecular flexibility index (Phi) is 3.01. The molecule has 5 nitrogen and oxygen atoms in total. The number of rotatable bonds is 2. The van der Waals surface area contributed by atoms with Crippen LogP contribution in [0.2, 0.25) is 0 Å². The van der Waals surface area contributed by atoms with Gasteiger partial charge in [0.1, 0.15) is 0 Å². The summed E-state index contributed by atoms with van der Waals surface area (Å²) in [6.07, 6.45) is 0. The predicted molar refractivity (Wildman–Crippen MR) is 61.3 cm³/mol. The van der Waals surface area contributed by atoms with Gasteiger partial charge in [0.25, 0.3) is 0 Å². The Morgan fingerprint density at radius 2 is 1.71 bits per heavy atom. The van der Waals surface area contributed by atoms with Crippen LogP contribution in [-0.4, -0.2) is 38.1 Å². The van der Waals surface area contributed by atoms with E-state index in [0.29, 0.717) is 5.56 Å². The molecule has 0 bridgehead atoms. The Morgan fingerprint density at radius 3 is 2.24 bits per heavy atom. The van der Waals surface area contributed by atoms with Crippen LogP contribution in [0, 0.1) is 0 Å². The summed E-state index contributed by atoms with van der Waals surface area (Å²) in [5, 5.41) is -1.37. The van der Waals surface area contributed by atoms with Gasteiger partial charge < -0.3 is 4.55 Å². The summed E-state index contributed by atoms with van der Waals surface area (Å²) >= 11 is 0. The van der Waals surface area contributed by atoms with Gasteiger partial charge in [-0.05, 0) is 5.56 Å². The fourth-order valence-corrected chi connectivity index (χ4v) is 6.02. The molecule has 0 aliphatic carbocycles. The summed E-state index contributed by atoms with van der Waals surface area (Å²) < 4.78 is 56.2. The van der Waals surface area contributed by atoms with Gasteiger partial charge in [-0.15, -0.1) is 0 Å². The average molecular weight is 275 g/mol. The van der Waals surface area contributed by atoms with Crippen molar-refractivity contribution in [3.63, 3.8) is 0 Å². The minimum absolute atomic E-state index is 0.275. The SMILES string of the molecule is O=S1(=O)CC(c2ccccc2)C(S(=O)(=O)[O-])C1.